The van der Waals surface area contributed by atoms with Crippen LogP contribution >= 0.6 is 0 Å². The second-order valence-corrected chi connectivity index (χ2v) is 5.32. The van der Waals surface area contributed by atoms with Crippen molar-refractivity contribution in [3.8, 4) is 0 Å². The van der Waals surface area contributed by atoms with Crippen molar-refractivity contribution in [2.75, 3.05) is 5.01 Å². The number of hydrazone groups is 1. The monoisotopic (exact) mass is 318 g/mol. The van der Waals surface area contributed by atoms with Gasteiger partial charge in [0.15, 0.2) is 5.76 Å². The van der Waals surface area contributed by atoms with E-state index >= 15 is 0 Å². The lowest BCUT2D eigenvalue weighted by Crippen LogP contribution is -2.21. The molecule has 3 aromatic rings. The van der Waals surface area contributed by atoms with Gasteiger partial charge in [0.05, 0.1) is 23.2 Å². The zero-order chi connectivity index (χ0) is 16.5. The average molecular weight is 318 g/mol. The van der Waals surface area contributed by atoms with Gasteiger partial charge < -0.3 is 4.42 Å². The van der Waals surface area contributed by atoms with E-state index in [1.807, 2.05) is 43.4 Å². The van der Waals surface area contributed by atoms with Crippen molar-refractivity contribution in [3.63, 3.8) is 0 Å². The maximum Gasteiger partial charge on any atom is 0.281 e. The highest BCUT2D eigenvalue weighted by molar-refractivity contribution is 6.36. The lowest BCUT2D eigenvalue weighted by molar-refractivity contribution is -0.114. The number of aromatic nitrogens is 2. The van der Waals surface area contributed by atoms with E-state index in [0.29, 0.717) is 22.7 Å². The number of carbonyl (C=O) groups excluding carboxylic acids is 1. The molecule has 4 rings (SSSR count). The highest BCUT2D eigenvalue weighted by Crippen LogP contribution is 2.27. The number of para-hydroxylation sites is 1. The number of benzene rings is 1. The summed E-state index contributed by atoms with van der Waals surface area (Å²) in [7, 11) is 1.82. The van der Waals surface area contributed by atoms with Gasteiger partial charge in [-0.1, -0.05) is 18.2 Å². The molecule has 1 aromatic carbocycles. The number of carbonyl (C=O) groups is 1. The molecule has 0 bridgehead atoms. The Kier molecular flexibility index (Phi) is 3.35. The maximum absolute atomic E-state index is 12.9. The summed E-state index contributed by atoms with van der Waals surface area (Å²) in [6.45, 7) is 0. The summed E-state index contributed by atoms with van der Waals surface area (Å²) in [5.41, 5.74) is 2.50. The van der Waals surface area contributed by atoms with Gasteiger partial charge >= 0.3 is 0 Å². The molecule has 0 aliphatic carbocycles. The van der Waals surface area contributed by atoms with Gasteiger partial charge in [-0.3, -0.25) is 9.48 Å². The van der Waals surface area contributed by atoms with E-state index in [0.717, 1.165) is 5.69 Å². The Balaban J connectivity index is 1.83. The first-order chi connectivity index (χ1) is 11.7. The van der Waals surface area contributed by atoms with Crippen LogP contribution < -0.4 is 5.01 Å². The molecule has 1 aliphatic heterocycles. The molecule has 0 saturated carbocycles. The van der Waals surface area contributed by atoms with E-state index in [1.165, 1.54) is 5.01 Å². The molecule has 0 spiro atoms. The molecule has 0 unspecified atom stereocenters. The van der Waals surface area contributed by atoms with Crippen molar-refractivity contribution in [2.45, 2.75) is 0 Å². The van der Waals surface area contributed by atoms with Gasteiger partial charge in [0, 0.05) is 13.2 Å². The second-order valence-electron chi connectivity index (χ2n) is 5.32. The largest absolute Gasteiger partial charge is 0.463 e. The maximum atomic E-state index is 12.9. The number of rotatable bonds is 3. The Hall–Kier alpha value is -3.41. The van der Waals surface area contributed by atoms with Crippen molar-refractivity contribution in [2.24, 2.45) is 12.1 Å². The Morgan fingerprint density at radius 2 is 1.92 bits per heavy atom. The lowest BCUT2D eigenvalue weighted by atomic mass is 10.1. The Labute approximate surface area is 138 Å². The highest BCUT2D eigenvalue weighted by atomic mass is 16.3. The fourth-order valence-corrected chi connectivity index (χ4v) is 2.56. The molecule has 24 heavy (non-hydrogen) atoms. The van der Waals surface area contributed by atoms with Gasteiger partial charge in [-0.05, 0) is 36.4 Å². The van der Waals surface area contributed by atoms with Crippen LogP contribution in [-0.2, 0) is 11.8 Å². The summed E-state index contributed by atoms with van der Waals surface area (Å²) >= 11 is 0. The molecule has 118 valence electrons. The molecule has 0 fully saturated rings. The molecule has 1 amide bonds. The van der Waals surface area contributed by atoms with Crippen LogP contribution in [0.3, 0.4) is 0 Å². The molecule has 0 radical (unpaired) electrons. The summed E-state index contributed by atoms with van der Waals surface area (Å²) in [6, 6.07) is 14.7. The van der Waals surface area contributed by atoms with E-state index in [9.17, 15) is 4.79 Å². The number of anilines is 1. The van der Waals surface area contributed by atoms with E-state index in [2.05, 4.69) is 10.2 Å². The third-order valence-electron chi connectivity index (χ3n) is 3.78. The van der Waals surface area contributed by atoms with Crippen LogP contribution in [0.25, 0.3) is 6.08 Å². The number of amides is 1. The fraction of sp³-hybridized carbons (Fsp3) is 0.0556. The number of hydrogen-bond acceptors (Lipinski definition) is 4. The molecule has 1 aliphatic rings. The van der Waals surface area contributed by atoms with Crippen molar-refractivity contribution in [3.05, 3.63) is 78.0 Å². The summed E-state index contributed by atoms with van der Waals surface area (Å²) < 4.78 is 7.16. The predicted octanol–water partition coefficient (Wildman–Crippen LogP) is 2.85. The molecule has 6 nitrogen and oxygen atoms in total. The van der Waals surface area contributed by atoms with Crippen LogP contribution in [-0.4, -0.2) is 21.4 Å². The fourth-order valence-electron chi connectivity index (χ4n) is 2.56. The highest BCUT2D eigenvalue weighted by Gasteiger charge is 2.33. The summed E-state index contributed by atoms with van der Waals surface area (Å²) in [6.07, 6.45) is 5.03. The predicted molar refractivity (Wildman–Crippen MR) is 90.4 cm³/mol. The molecule has 2 aromatic heterocycles. The SMILES string of the molecule is Cn1nccc1C=C1C(=O)N(c2ccccc2)N=C1c1ccco1. The minimum Gasteiger partial charge on any atom is -0.463 e. The van der Waals surface area contributed by atoms with E-state index in [-0.39, 0.29) is 5.91 Å². The van der Waals surface area contributed by atoms with E-state index < -0.39 is 0 Å². The molecule has 6 heteroatoms. The molecule has 3 heterocycles. The van der Waals surface area contributed by atoms with Crippen molar-refractivity contribution in [1.29, 1.82) is 0 Å². The number of nitrogens with zero attached hydrogens (tertiary/aromatic N) is 4. The number of furan rings is 1. The van der Waals surface area contributed by atoms with E-state index in [4.69, 9.17) is 4.42 Å². The third kappa shape index (κ3) is 2.34. The molecule has 0 N–H and O–H groups in total. The summed E-state index contributed by atoms with van der Waals surface area (Å²) in [5.74, 6) is 0.351. The standard InChI is InChI=1S/C18H14N4O2/c1-21-14(9-10-19-21)12-15-17(16-8-5-11-24-16)20-22(18(15)23)13-6-3-2-4-7-13/h2-12H,1H3. The van der Waals surface area contributed by atoms with Gasteiger partial charge in [0.2, 0.25) is 0 Å². The number of aryl methyl sites for hydroxylation is 1. The van der Waals surface area contributed by atoms with Gasteiger partial charge in [-0.15, -0.1) is 0 Å². The van der Waals surface area contributed by atoms with Crippen molar-refractivity contribution >= 4 is 23.4 Å². The summed E-state index contributed by atoms with van der Waals surface area (Å²) in [5, 5.41) is 10.0. The van der Waals surface area contributed by atoms with E-state index in [1.54, 1.807) is 35.4 Å². The first kappa shape index (κ1) is 14.2. The van der Waals surface area contributed by atoms with Gasteiger partial charge in [-0.2, -0.15) is 15.2 Å². The van der Waals surface area contributed by atoms with Crippen LogP contribution in [0.4, 0.5) is 5.69 Å². The smallest absolute Gasteiger partial charge is 0.281 e. The van der Waals surface area contributed by atoms with Crippen LogP contribution in [0, 0.1) is 0 Å². The molecule has 0 atom stereocenters. The lowest BCUT2D eigenvalue weighted by Gasteiger charge is -2.10. The Morgan fingerprint density at radius 1 is 1.08 bits per heavy atom. The van der Waals surface area contributed by atoms with Crippen LogP contribution in [0.5, 0.6) is 0 Å². The zero-order valence-corrected chi connectivity index (χ0v) is 13.0. The molecular weight excluding hydrogens is 304 g/mol. The van der Waals surface area contributed by atoms with Crippen molar-refractivity contribution < 1.29 is 9.21 Å². The van der Waals surface area contributed by atoms with Crippen molar-refractivity contribution in [1.82, 2.24) is 9.78 Å². The topological polar surface area (TPSA) is 63.6 Å². The third-order valence-corrected chi connectivity index (χ3v) is 3.78. The Bertz CT molecular complexity index is 937. The molecule has 0 saturated heterocycles. The quantitative estimate of drug-likeness (QED) is 0.698. The van der Waals surface area contributed by atoms with Crippen LogP contribution in [0.1, 0.15) is 11.5 Å². The van der Waals surface area contributed by atoms with Gasteiger partial charge in [0.25, 0.3) is 5.91 Å². The zero-order valence-electron chi connectivity index (χ0n) is 13.0. The minimum absolute atomic E-state index is 0.200. The first-order valence-electron chi connectivity index (χ1n) is 7.46. The average Bonchev–Trinajstić information content (AvgIpc) is 3.32. The second kappa shape index (κ2) is 5.66. The number of hydrogen-bond donors (Lipinski definition) is 0. The van der Waals surface area contributed by atoms with Gasteiger partial charge in [0.1, 0.15) is 5.71 Å². The van der Waals surface area contributed by atoms with Crippen LogP contribution in [0.2, 0.25) is 0 Å². The first-order valence-corrected chi connectivity index (χ1v) is 7.46. The van der Waals surface area contributed by atoms with Gasteiger partial charge in [-0.25, -0.2) is 0 Å². The van der Waals surface area contributed by atoms with Crippen LogP contribution in [0.15, 0.2) is 76.1 Å². The molecular formula is C18H14N4O2. The normalized spacial score (nSPS) is 16.0. The minimum atomic E-state index is -0.200. The summed E-state index contributed by atoms with van der Waals surface area (Å²) in [4.78, 5) is 12.9. The Morgan fingerprint density at radius 3 is 2.58 bits per heavy atom.